The molecule has 3 aromatic rings. The lowest BCUT2D eigenvalue weighted by atomic mass is 10.1. The Morgan fingerprint density at radius 3 is 2.50 bits per heavy atom. The molecular weight excluding hydrogens is 458 g/mol. The fourth-order valence-electron chi connectivity index (χ4n) is 4.23. The quantitative estimate of drug-likeness (QED) is 0.314. The number of thiazole rings is 1. The highest BCUT2D eigenvalue weighted by molar-refractivity contribution is 7.22. The van der Waals surface area contributed by atoms with Gasteiger partial charge in [-0.05, 0) is 30.2 Å². The van der Waals surface area contributed by atoms with Gasteiger partial charge in [-0.3, -0.25) is 29.4 Å². The molecule has 11 heteroatoms. The molecule has 2 aromatic carbocycles. The number of carbonyl (C=O) groups excluding carboxylic acids is 3. The third-order valence-electron chi connectivity index (χ3n) is 6.21. The zero-order valence-corrected chi connectivity index (χ0v) is 19.2. The molecule has 2 aliphatic rings. The van der Waals surface area contributed by atoms with Crippen molar-refractivity contribution in [2.24, 2.45) is 0 Å². The van der Waals surface area contributed by atoms with E-state index >= 15 is 0 Å². The number of hydrogen-bond acceptors (Lipinski definition) is 8. The van der Waals surface area contributed by atoms with Gasteiger partial charge in [0, 0.05) is 38.3 Å². The second-order valence-corrected chi connectivity index (χ2v) is 9.21. The molecule has 0 saturated carbocycles. The third-order valence-corrected chi connectivity index (χ3v) is 7.29. The SMILES string of the molecule is CCc1ccc2nc(N3CCN(C(=O)CN4C(=O)c5ccc([N+](=O)[O-])cc5C4=O)CC3)sc2c1. The Labute approximate surface area is 198 Å². The number of nitrogens with zero attached hydrogens (tertiary/aromatic N) is 5. The third kappa shape index (κ3) is 3.77. The Morgan fingerprint density at radius 2 is 1.79 bits per heavy atom. The molecule has 1 saturated heterocycles. The number of anilines is 1. The molecule has 1 fully saturated rings. The van der Waals surface area contributed by atoms with Gasteiger partial charge < -0.3 is 9.80 Å². The van der Waals surface area contributed by atoms with E-state index in [1.165, 1.54) is 17.7 Å². The Balaban J connectivity index is 1.23. The maximum absolute atomic E-state index is 12.9. The van der Waals surface area contributed by atoms with Crippen LogP contribution in [0.2, 0.25) is 0 Å². The number of piperazine rings is 1. The second kappa shape index (κ2) is 8.49. The number of carbonyl (C=O) groups is 3. The topological polar surface area (TPSA) is 117 Å². The van der Waals surface area contributed by atoms with E-state index < -0.39 is 16.7 Å². The van der Waals surface area contributed by atoms with Gasteiger partial charge in [-0.1, -0.05) is 24.3 Å². The minimum absolute atomic E-state index is 0.0427. The summed E-state index contributed by atoms with van der Waals surface area (Å²) in [5.41, 5.74) is 1.99. The molecular formula is C23H21N5O5S. The highest BCUT2D eigenvalue weighted by Crippen LogP contribution is 2.31. The molecule has 0 bridgehead atoms. The van der Waals surface area contributed by atoms with Crippen LogP contribution in [0.25, 0.3) is 10.2 Å². The van der Waals surface area contributed by atoms with Crippen LogP contribution in [0.5, 0.6) is 0 Å². The molecule has 5 rings (SSSR count). The van der Waals surface area contributed by atoms with E-state index in [0.717, 1.165) is 32.7 Å². The standard InChI is InChI=1S/C23H21N5O5S/c1-2-14-3-6-18-19(11-14)34-23(24-18)26-9-7-25(8-10-26)20(29)13-27-21(30)16-5-4-15(28(32)33)12-17(16)22(27)31/h3-6,11-12H,2,7-10,13H2,1H3. The van der Waals surface area contributed by atoms with E-state index in [9.17, 15) is 24.5 Å². The number of aromatic nitrogens is 1. The smallest absolute Gasteiger partial charge is 0.270 e. The number of nitro groups is 1. The number of fused-ring (bicyclic) bond motifs is 2. The van der Waals surface area contributed by atoms with E-state index in [0.29, 0.717) is 26.2 Å². The number of hydrogen-bond donors (Lipinski definition) is 0. The number of non-ortho nitro benzene ring substituents is 1. The molecule has 0 atom stereocenters. The molecule has 2 aliphatic heterocycles. The molecule has 3 amide bonds. The van der Waals surface area contributed by atoms with E-state index in [1.54, 1.807) is 16.2 Å². The number of aryl methyl sites for hydroxylation is 1. The van der Waals surface area contributed by atoms with E-state index in [2.05, 4.69) is 24.0 Å². The fourth-order valence-corrected chi connectivity index (χ4v) is 5.31. The van der Waals surface area contributed by atoms with Gasteiger partial charge in [0.25, 0.3) is 17.5 Å². The largest absolute Gasteiger partial charge is 0.345 e. The lowest BCUT2D eigenvalue weighted by Crippen LogP contribution is -2.51. The maximum atomic E-state index is 12.9. The van der Waals surface area contributed by atoms with E-state index in [1.807, 2.05) is 6.07 Å². The lowest BCUT2D eigenvalue weighted by molar-refractivity contribution is -0.384. The normalized spacial score (nSPS) is 15.9. The summed E-state index contributed by atoms with van der Waals surface area (Å²) < 4.78 is 1.14. The Hall–Kier alpha value is -3.86. The average Bonchev–Trinajstić information content (AvgIpc) is 3.38. The van der Waals surface area contributed by atoms with Crippen molar-refractivity contribution in [2.45, 2.75) is 13.3 Å². The van der Waals surface area contributed by atoms with Crippen LogP contribution in [0.4, 0.5) is 10.8 Å². The van der Waals surface area contributed by atoms with Crippen molar-refractivity contribution < 1.29 is 19.3 Å². The van der Waals surface area contributed by atoms with Crippen LogP contribution < -0.4 is 4.90 Å². The molecule has 0 unspecified atom stereocenters. The molecule has 0 radical (unpaired) electrons. The van der Waals surface area contributed by atoms with Crippen molar-refractivity contribution in [3.63, 3.8) is 0 Å². The van der Waals surface area contributed by atoms with Gasteiger partial charge in [-0.25, -0.2) is 4.98 Å². The zero-order valence-electron chi connectivity index (χ0n) is 18.4. The summed E-state index contributed by atoms with van der Waals surface area (Å²) in [5.74, 6) is -1.63. The summed E-state index contributed by atoms with van der Waals surface area (Å²) in [7, 11) is 0. The first-order chi connectivity index (χ1) is 16.4. The van der Waals surface area contributed by atoms with Gasteiger partial charge in [0.15, 0.2) is 5.13 Å². The highest BCUT2D eigenvalue weighted by Gasteiger charge is 2.38. The fraction of sp³-hybridized carbons (Fsp3) is 0.304. The van der Waals surface area contributed by atoms with E-state index in [-0.39, 0.29) is 29.3 Å². The van der Waals surface area contributed by atoms with Crippen LogP contribution in [-0.2, 0) is 11.2 Å². The molecule has 1 aromatic heterocycles. The number of benzene rings is 2. The molecule has 3 heterocycles. The highest BCUT2D eigenvalue weighted by atomic mass is 32.1. The Bertz CT molecular complexity index is 1340. The summed E-state index contributed by atoms with van der Waals surface area (Å²) in [6.45, 7) is 3.82. The van der Waals surface area contributed by atoms with Crippen molar-refractivity contribution in [1.82, 2.24) is 14.8 Å². The van der Waals surface area contributed by atoms with Gasteiger partial charge >= 0.3 is 0 Å². The Morgan fingerprint density at radius 1 is 1.06 bits per heavy atom. The summed E-state index contributed by atoms with van der Waals surface area (Å²) in [4.78, 5) is 57.9. The summed E-state index contributed by atoms with van der Waals surface area (Å²) in [6, 6.07) is 9.80. The van der Waals surface area contributed by atoms with Crippen LogP contribution >= 0.6 is 11.3 Å². The monoisotopic (exact) mass is 479 g/mol. The molecule has 34 heavy (non-hydrogen) atoms. The van der Waals surface area contributed by atoms with Crippen molar-refractivity contribution in [1.29, 1.82) is 0 Å². The molecule has 174 valence electrons. The van der Waals surface area contributed by atoms with Crippen LogP contribution in [0.1, 0.15) is 33.2 Å². The van der Waals surface area contributed by atoms with Crippen molar-refractivity contribution in [2.75, 3.05) is 37.6 Å². The predicted molar refractivity (Wildman–Crippen MR) is 126 cm³/mol. The van der Waals surface area contributed by atoms with E-state index in [4.69, 9.17) is 4.98 Å². The number of imide groups is 1. The molecule has 0 spiro atoms. The average molecular weight is 480 g/mol. The number of amides is 3. The molecule has 0 aliphatic carbocycles. The predicted octanol–water partition coefficient (Wildman–Crippen LogP) is 2.71. The number of rotatable bonds is 5. The molecule has 0 N–H and O–H groups in total. The summed E-state index contributed by atoms with van der Waals surface area (Å²) >= 11 is 1.63. The van der Waals surface area contributed by atoms with Gasteiger partial charge in [-0.15, -0.1) is 0 Å². The zero-order chi connectivity index (χ0) is 24.0. The van der Waals surface area contributed by atoms with Crippen molar-refractivity contribution >= 4 is 50.1 Å². The maximum Gasteiger partial charge on any atom is 0.270 e. The van der Waals surface area contributed by atoms with Crippen LogP contribution in [-0.4, -0.2) is 70.2 Å². The lowest BCUT2D eigenvalue weighted by Gasteiger charge is -2.35. The van der Waals surface area contributed by atoms with Crippen LogP contribution in [0.3, 0.4) is 0 Å². The van der Waals surface area contributed by atoms with Gasteiger partial charge in [0.2, 0.25) is 5.91 Å². The Kier molecular flexibility index (Phi) is 5.48. The second-order valence-electron chi connectivity index (χ2n) is 8.20. The molecule has 10 nitrogen and oxygen atoms in total. The minimum atomic E-state index is -0.684. The first-order valence-corrected chi connectivity index (χ1v) is 11.7. The van der Waals surface area contributed by atoms with Gasteiger partial charge in [-0.2, -0.15) is 0 Å². The van der Waals surface area contributed by atoms with Crippen LogP contribution in [0, 0.1) is 10.1 Å². The van der Waals surface area contributed by atoms with Crippen molar-refractivity contribution in [3.8, 4) is 0 Å². The van der Waals surface area contributed by atoms with Crippen LogP contribution in [0.15, 0.2) is 36.4 Å². The first-order valence-electron chi connectivity index (χ1n) is 10.9. The van der Waals surface area contributed by atoms with Gasteiger partial charge in [0.1, 0.15) is 6.54 Å². The summed E-state index contributed by atoms with van der Waals surface area (Å²) in [5, 5.41) is 11.9. The van der Waals surface area contributed by atoms with Crippen molar-refractivity contribution in [3.05, 3.63) is 63.2 Å². The minimum Gasteiger partial charge on any atom is -0.345 e. The first kappa shape index (κ1) is 22.0. The van der Waals surface area contributed by atoms with Gasteiger partial charge in [0.05, 0.1) is 26.3 Å². The number of nitro benzene ring substituents is 1. The summed E-state index contributed by atoms with van der Waals surface area (Å²) in [6.07, 6.45) is 0.966.